The zero-order valence-corrected chi connectivity index (χ0v) is 26.0. The van der Waals surface area contributed by atoms with E-state index in [0.717, 1.165) is 57.8 Å². The zero-order chi connectivity index (χ0) is 27.9. The third kappa shape index (κ3) is 28.0. The summed E-state index contributed by atoms with van der Waals surface area (Å²) in [4.78, 5) is 23.7. The van der Waals surface area contributed by atoms with Crippen LogP contribution in [0.3, 0.4) is 0 Å². The van der Waals surface area contributed by atoms with Crippen molar-refractivity contribution in [2.75, 3.05) is 7.11 Å². The number of hydrogen-bond donors (Lipinski definition) is 0. The van der Waals surface area contributed by atoms with Gasteiger partial charge in [-0.25, -0.2) is 0 Å². The Bertz CT molecular complexity index is 505. The van der Waals surface area contributed by atoms with Crippen LogP contribution >= 0.6 is 0 Å². The van der Waals surface area contributed by atoms with Gasteiger partial charge in [0.25, 0.3) is 0 Å². The van der Waals surface area contributed by atoms with Gasteiger partial charge in [-0.1, -0.05) is 142 Å². The second-order valence-electron chi connectivity index (χ2n) is 11.5. The predicted molar refractivity (Wildman–Crippen MR) is 163 cm³/mol. The maximum atomic E-state index is 12.5. The van der Waals surface area contributed by atoms with Crippen LogP contribution < -0.4 is 0 Å². The van der Waals surface area contributed by atoms with Gasteiger partial charge in [-0.3, -0.25) is 9.59 Å². The van der Waals surface area contributed by atoms with Gasteiger partial charge in [0.15, 0.2) is 0 Å². The summed E-state index contributed by atoms with van der Waals surface area (Å²) >= 11 is 0. The van der Waals surface area contributed by atoms with Crippen molar-refractivity contribution >= 4 is 11.9 Å². The van der Waals surface area contributed by atoms with Gasteiger partial charge in [-0.2, -0.15) is 0 Å². The highest BCUT2D eigenvalue weighted by molar-refractivity contribution is 5.69. The molecule has 0 aromatic carbocycles. The molecule has 226 valence electrons. The monoisotopic (exact) mass is 538 g/mol. The number of esters is 2. The van der Waals surface area contributed by atoms with E-state index in [2.05, 4.69) is 13.8 Å². The Morgan fingerprint density at radius 2 is 0.763 bits per heavy atom. The van der Waals surface area contributed by atoms with Gasteiger partial charge >= 0.3 is 11.9 Å². The average molecular weight is 539 g/mol. The van der Waals surface area contributed by atoms with Gasteiger partial charge in [0.2, 0.25) is 0 Å². The largest absolute Gasteiger partial charge is 0.469 e. The minimum absolute atomic E-state index is 0.0159. The van der Waals surface area contributed by atoms with E-state index in [-0.39, 0.29) is 18.0 Å². The molecule has 0 aliphatic heterocycles. The van der Waals surface area contributed by atoms with Gasteiger partial charge in [0.05, 0.1) is 7.11 Å². The Morgan fingerprint density at radius 3 is 1.13 bits per heavy atom. The molecule has 0 bridgehead atoms. The highest BCUT2D eigenvalue weighted by atomic mass is 16.5. The Kier molecular flexibility index (Phi) is 29.6. The predicted octanol–water partition coefficient (Wildman–Crippen LogP) is 11.0. The van der Waals surface area contributed by atoms with E-state index in [1.54, 1.807) is 0 Å². The van der Waals surface area contributed by atoms with E-state index in [0.29, 0.717) is 12.8 Å². The van der Waals surface area contributed by atoms with Gasteiger partial charge in [-0.05, 0) is 38.5 Å². The summed E-state index contributed by atoms with van der Waals surface area (Å²) < 4.78 is 10.7. The first kappa shape index (κ1) is 36.9. The smallest absolute Gasteiger partial charge is 0.306 e. The fraction of sp³-hybridized carbons (Fsp3) is 0.941. The lowest BCUT2D eigenvalue weighted by molar-refractivity contribution is -0.150. The number of ether oxygens (including phenoxy) is 2. The van der Waals surface area contributed by atoms with E-state index in [9.17, 15) is 9.59 Å². The van der Waals surface area contributed by atoms with Crippen molar-refractivity contribution in [3.8, 4) is 0 Å². The van der Waals surface area contributed by atoms with Crippen LogP contribution in [0.1, 0.15) is 194 Å². The molecule has 0 aromatic rings. The molecule has 0 saturated carbocycles. The second-order valence-corrected chi connectivity index (χ2v) is 11.5. The summed E-state index contributed by atoms with van der Waals surface area (Å²) in [5.41, 5.74) is 0. The SMILES string of the molecule is CCCCCCCCCCCCCCCC(=O)OC(CCCCCCCC)CCCCCCCC(=O)OC. The number of methoxy groups -OCH3 is 1. The van der Waals surface area contributed by atoms with E-state index in [1.807, 2.05) is 0 Å². The minimum Gasteiger partial charge on any atom is -0.469 e. The molecular formula is C34H66O4. The first-order chi connectivity index (χ1) is 18.6. The summed E-state index contributed by atoms with van der Waals surface area (Å²) in [6, 6.07) is 0. The number of carbonyl (C=O) groups excluding carboxylic acids is 2. The molecule has 1 unspecified atom stereocenters. The molecule has 0 aromatic heterocycles. The molecule has 0 aliphatic rings. The number of carbonyl (C=O) groups is 2. The summed E-state index contributed by atoms with van der Waals surface area (Å²) in [5.74, 6) is -0.0958. The maximum absolute atomic E-state index is 12.5. The van der Waals surface area contributed by atoms with Crippen LogP contribution in [0.4, 0.5) is 0 Å². The lowest BCUT2D eigenvalue weighted by atomic mass is 10.0. The third-order valence-corrected chi connectivity index (χ3v) is 7.80. The van der Waals surface area contributed by atoms with E-state index >= 15 is 0 Å². The quantitative estimate of drug-likeness (QED) is 0.0674. The summed E-state index contributed by atoms with van der Waals surface area (Å²) in [6.07, 6.45) is 33.4. The molecule has 0 rings (SSSR count). The normalized spacial score (nSPS) is 12.0. The van der Waals surface area contributed by atoms with Gasteiger partial charge in [0.1, 0.15) is 6.10 Å². The number of hydrogen-bond acceptors (Lipinski definition) is 4. The first-order valence-electron chi connectivity index (χ1n) is 16.9. The molecule has 4 nitrogen and oxygen atoms in total. The topological polar surface area (TPSA) is 52.6 Å². The molecule has 0 fully saturated rings. The molecule has 0 radical (unpaired) electrons. The lowest BCUT2D eigenvalue weighted by Crippen LogP contribution is -2.18. The van der Waals surface area contributed by atoms with Crippen molar-refractivity contribution < 1.29 is 19.1 Å². The zero-order valence-electron chi connectivity index (χ0n) is 26.0. The standard InChI is InChI=1S/C34H66O4/c1-4-6-8-10-12-13-14-15-16-17-18-22-27-31-34(36)38-32(28-24-20-11-9-7-5-2)29-25-21-19-23-26-30-33(35)37-3/h32H,4-31H2,1-3H3. The second kappa shape index (κ2) is 30.5. The van der Waals surface area contributed by atoms with Crippen LogP contribution in [-0.4, -0.2) is 25.2 Å². The highest BCUT2D eigenvalue weighted by Crippen LogP contribution is 2.18. The fourth-order valence-electron chi connectivity index (χ4n) is 5.22. The van der Waals surface area contributed by atoms with Crippen LogP contribution in [0.15, 0.2) is 0 Å². The molecule has 38 heavy (non-hydrogen) atoms. The molecular weight excluding hydrogens is 472 g/mol. The Hall–Kier alpha value is -1.06. The van der Waals surface area contributed by atoms with Crippen LogP contribution in [0, 0.1) is 0 Å². The molecule has 0 amide bonds. The van der Waals surface area contributed by atoms with Crippen molar-refractivity contribution in [1.82, 2.24) is 0 Å². The van der Waals surface area contributed by atoms with Crippen molar-refractivity contribution in [1.29, 1.82) is 0 Å². The summed E-state index contributed by atoms with van der Waals surface area (Å²) in [5, 5.41) is 0. The third-order valence-electron chi connectivity index (χ3n) is 7.80. The lowest BCUT2D eigenvalue weighted by Gasteiger charge is -2.18. The van der Waals surface area contributed by atoms with Crippen molar-refractivity contribution in [3.05, 3.63) is 0 Å². The summed E-state index contributed by atoms with van der Waals surface area (Å²) in [6.45, 7) is 4.53. The molecule has 0 aliphatic carbocycles. The minimum atomic E-state index is -0.112. The Morgan fingerprint density at radius 1 is 0.447 bits per heavy atom. The Balaban J connectivity index is 3.93. The molecule has 0 saturated heterocycles. The van der Waals surface area contributed by atoms with Gasteiger partial charge < -0.3 is 9.47 Å². The van der Waals surface area contributed by atoms with Crippen molar-refractivity contribution in [2.24, 2.45) is 0 Å². The van der Waals surface area contributed by atoms with Gasteiger partial charge in [0, 0.05) is 12.8 Å². The Labute approximate surface area is 237 Å². The molecule has 0 N–H and O–H groups in total. The van der Waals surface area contributed by atoms with Crippen LogP contribution in [0.5, 0.6) is 0 Å². The molecule has 0 spiro atoms. The number of unbranched alkanes of at least 4 members (excludes halogenated alkanes) is 21. The highest BCUT2D eigenvalue weighted by Gasteiger charge is 2.14. The molecule has 4 heteroatoms. The van der Waals surface area contributed by atoms with Crippen molar-refractivity contribution in [3.63, 3.8) is 0 Å². The van der Waals surface area contributed by atoms with Crippen LogP contribution in [0.25, 0.3) is 0 Å². The fourth-order valence-corrected chi connectivity index (χ4v) is 5.22. The maximum Gasteiger partial charge on any atom is 0.306 e. The van der Waals surface area contributed by atoms with Crippen molar-refractivity contribution in [2.45, 2.75) is 200 Å². The van der Waals surface area contributed by atoms with E-state index in [4.69, 9.17) is 9.47 Å². The average Bonchev–Trinajstić information content (AvgIpc) is 2.92. The van der Waals surface area contributed by atoms with Crippen LogP contribution in [-0.2, 0) is 19.1 Å². The first-order valence-corrected chi connectivity index (χ1v) is 16.9. The van der Waals surface area contributed by atoms with Crippen LogP contribution in [0.2, 0.25) is 0 Å². The van der Waals surface area contributed by atoms with E-state index < -0.39 is 0 Å². The number of rotatable bonds is 30. The van der Waals surface area contributed by atoms with E-state index in [1.165, 1.54) is 116 Å². The molecule has 1 atom stereocenters. The molecule has 0 heterocycles. The summed E-state index contributed by atoms with van der Waals surface area (Å²) in [7, 11) is 1.45. The van der Waals surface area contributed by atoms with Gasteiger partial charge in [-0.15, -0.1) is 0 Å².